The van der Waals surface area contributed by atoms with E-state index in [0.717, 1.165) is 6.29 Å². The van der Waals surface area contributed by atoms with Gasteiger partial charge in [-0.1, -0.05) is 0 Å². The molecule has 0 saturated carbocycles. The normalized spacial score (nSPS) is 16.1. The minimum atomic E-state index is -0.978. The summed E-state index contributed by atoms with van der Waals surface area (Å²) in [6, 6.07) is 3.32. The van der Waals surface area contributed by atoms with Gasteiger partial charge in [0.2, 0.25) is 0 Å². The lowest BCUT2D eigenvalue weighted by Crippen LogP contribution is -2.54. The quantitative estimate of drug-likeness (QED) is 0.750. The topological polar surface area (TPSA) is 59.1 Å². The van der Waals surface area contributed by atoms with E-state index in [1.807, 2.05) is 25.9 Å². The van der Waals surface area contributed by atoms with Crippen molar-refractivity contribution in [1.82, 2.24) is 4.90 Å². The molecule has 0 unspecified atom stereocenters. The number of carbonyl (C=O) groups is 2. The van der Waals surface area contributed by atoms with Gasteiger partial charge in [0.15, 0.2) is 17.1 Å². The van der Waals surface area contributed by atoms with Crippen molar-refractivity contribution >= 4 is 17.9 Å². The molecule has 1 aliphatic rings. The molecule has 1 aromatic rings. The van der Waals surface area contributed by atoms with Gasteiger partial charge in [-0.2, -0.15) is 0 Å². The summed E-state index contributed by atoms with van der Waals surface area (Å²) in [5.41, 5.74) is 0.0656. The van der Waals surface area contributed by atoms with E-state index >= 15 is 0 Å². The van der Waals surface area contributed by atoms with Crippen molar-refractivity contribution in [2.45, 2.75) is 26.4 Å². The molecule has 0 bridgehead atoms. The largest absolute Gasteiger partial charge is 0.490 e. The van der Waals surface area contributed by atoms with E-state index in [-0.39, 0.29) is 5.91 Å². The molecule has 0 N–H and O–H groups in total. The highest BCUT2D eigenvalue weighted by molar-refractivity contribution is 6.03. The summed E-state index contributed by atoms with van der Waals surface area (Å²) in [5, 5.41) is 0. The molecule has 126 valence electrons. The SMILES string of the molecule is CCOc1cc(C=O)cc2c1OC(C)(C)C(=O)N2CCN(C)C. The van der Waals surface area contributed by atoms with Crippen LogP contribution in [0, 0.1) is 0 Å². The highest BCUT2D eigenvalue weighted by Crippen LogP contribution is 2.45. The Balaban J connectivity index is 2.55. The summed E-state index contributed by atoms with van der Waals surface area (Å²) < 4.78 is 11.5. The Kier molecular flexibility index (Phi) is 4.94. The van der Waals surface area contributed by atoms with Crippen molar-refractivity contribution in [1.29, 1.82) is 0 Å². The molecular weight excluding hydrogens is 296 g/mol. The number of fused-ring (bicyclic) bond motifs is 1. The third-order valence-electron chi connectivity index (χ3n) is 3.67. The number of nitrogens with zero attached hydrogens (tertiary/aromatic N) is 2. The highest BCUT2D eigenvalue weighted by atomic mass is 16.5. The number of benzene rings is 1. The van der Waals surface area contributed by atoms with E-state index < -0.39 is 5.60 Å². The first-order chi connectivity index (χ1) is 10.8. The molecule has 1 aliphatic heterocycles. The third kappa shape index (κ3) is 3.47. The average molecular weight is 320 g/mol. The van der Waals surface area contributed by atoms with E-state index in [1.165, 1.54) is 0 Å². The van der Waals surface area contributed by atoms with Crippen LogP contribution < -0.4 is 14.4 Å². The van der Waals surface area contributed by atoms with Gasteiger partial charge in [0.1, 0.15) is 6.29 Å². The van der Waals surface area contributed by atoms with Crippen LogP contribution in [0.15, 0.2) is 12.1 Å². The molecule has 6 nitrogen and oxygen atoms in total. The van der Waals surface area contributed by atoms with Crippen LogP contribution in [0.25, 0.3) is 0 Å². The Morgan fingerprint density at radius 3 is 2.61 bits per heavy atom. The molecule has 2 rings (SSSR count). The molecule has 23 heavy (non-hydrogen) atoms. The first-order valence-corrected chi connectivity index (χ1v) is 7.72. The first kappa shape index (κ1) is 17.3. The molecule has 6 heteroatoms. The second-order valence-corrected chi connectivity index (χ2v) is 6.29. The molecule has 0 fully saturated rings. The Morgan fingerprint density at radius 2 is 2.04 bits per heavy atom. The summed E-state index contributed by atoms with van der Waals surface area (Å²) in [6.45, 7) is 7.01. The Morgan fingerprint density at radius 1 is 1.35 bits per heavy atom. The molecule has 0 radical (unpaired) electrons. The van der Waals surface area contributed by atoms with Crippen LogP contribution in [-0.4, -0.2) is 56.5 Å². The third-order valence-corrected chi connectivity index (χ3v) is 3.67. The highest BCUT2D eigenvalue weighted by Gasteiger charge is 2.42. The van der Waals surface area contributed by atoms with Crippen molar-refractivity contribution in [3.63, 3.8) is 0 Å². The maximum atomic E-state index is 12.7. The number of amides is 1. The van der Waals surface area contributed by atoms with E-state index in [0.29, 0.717) is 42.4 Å². The standard InChI is InChI=1S/C17H24N2O4/c1-6-22-14-10-12(11-20)9-13-15(14)23-17(2,3)16(21)19(13)8-7-18(4)5/h9-11H,6-8H2,1-5H3. The van der Waals surface area contributed by atoms with Crippen molar-refractivity contribution < 1.29 is 19.1 Å². The van der Waals surface area contributed by atoms with Crippen LogP contribution >= 0.6 is 0 Å². The number of rotatable bonds is 6. The molecule has 0 aromatic heterocycles. The van der Waals surface area contributed by atoms with Gasteiger partial charge in [-0.25, -0.2) is 0 Å². The van der Waals surface area contributed by atoms with Gasteiger partial charge in [-0.3, -0.25) is 9.59 Å². The van der Waals surface area contributed by atoms with Crippen molar-refractivity contribution in [3.8, 4) is 11.5 Å². The minimum absolute atomic E-state index is 0.127. The van der Waals surface area contributed by atoms with Gasteiger partial charge in [0.05, 0.1) is 12.3 Å². The van der Waals surface area contributed by atoms with Crippen LogP contribution in [0.1, 0.15) is 31.1 Å². The maximum Gasteiger partial charge on any atom is 0.270 e. The fraction of sp³-hybridized carbons (Fsp3) is 0.529. The lowest BCUT2D eigenvalue weighted by Gasteiger charge is -2.39. The van der Waals surface area contributed by atoms with Crippen molar-refractivity contribution in [3.05, 3.63) is 17.7 Å². The number of ether oxygens (including phenoxy) is 2. The zero-order valence-corrected chi connectivity index (χ0v) is 14.4. The molecule has 0 atom stereocenters. The van der Waals surface area contributed by atoms with Crippen LogP contribution in [0.2, 0.25) is 0 Å². The predicted octanol–water partition coefficient (Wildman–Crippen LogP) is 1.96. The van der Waals surface area contributed by atoms with Crippen LogP contribution in [0.3, 0.4) is 0 Å². The zero-order chi connectivity index (χ0) is 17.2. The van der Waals surface area contributed by atoms with Gasteiger partial charge in [0, 0.05) is 18.7 Å². The predicted molar refractivity (Wildman–Crippen MR) is 88.6 cm³/mol. The smallest absolute Gasteiger partial charge is 0.270 e. The number of aldehydes is 1. The van der Waals surface area contributed by atoms with E-state index in [9.17, 15) is 9.59 Å². The maximum absolute atomic E-state index is 12.7. The molecule has 1 aromatic carbocycles. The Hall–Kier alpha value is -2.08. The molecule has 0 saturated heterocycles. The van der Waals surface area contributed by atoms with E-state index in [1.54, 1.807) is 30.9 Å². The number of anilines is 1. The first-order valence-electron chi connectivity index (χ1n) is 7.72. The second-order valence-electron chi connectivity index (χ2n) is 6.29. The molecular formula is C17H24N2O4. The Bertz CT molecular complexity index is 611. The Labute approximate surface area is 137 Å². The summed E-state index contributed by atoms with van der Waals surface area (Å²) in [6.07, 6.45) is 0.747. The number of hydrogen-bond donors (Lipinski definition) is 0. The van der Waals surface area contributed by atoms with Gasteiger partial charge in [-0.15, -0.1) is 0 Å². The molecule has 0 aliphatic carbocycles. The summed E-state index contributed by atoms with van der Waals surface area (Å²) in [7, 11) is 3.90. The lowest BCUT2D eigenvalue weighted by atomic mass is 10.0. The van der Waals surface area contributed by atoms with Gasteiger partial charge >= 0.3 is 0 Å². The fourth-order valence-corrected chi connectivity index (χ4v) is 2.50. The van der Waals surface area contributed by atoms with Crippen LogP contribution in [0.5, 0.6) is 11.5 Å². The van der Waals surface area contributed by atoms with E-state index in [4.69, 9.17) is 9.47 Å². The summed E-state index contributed by atoms with van der Waals surface area (Å²) in [4.78, 5) is 27.6. The summed E-state index contributed by atoms with van der Waals surface area (Å²) >= 11 is 0. The average Bonchev–Trinajstić information content (AvgIpc) is 2.48. The van der Waals surface area contributed by atoms with Gasteiger partial charge in [-0.05, 0) is 47.0 Å². The monoisotopic (exact) mass is 320 g/mol. The molecule has 0 spiro atoms. The zero-order valence-electron chi connectivity index (χ0n) is 14.4. The lowest BCUT2D eigenvalue weighted by molar-refractivity contribution is -0.132. The van der Waals surface area contributed by atoms with Gasteiger partial charge < -0.3 is 19.3 Å². The minimum Gasteiger partial charge on any atom is -0.490 e. The molecule has 1 amide bonds. The van der Waals surface area contributed by atoms with Crippen molar-refractivity contribution in [2.24, 2.45) is 0 Å². The van der Waals surface area contributed by atoms with Crippen LogP contribution in [0.4, 0.5) is 5.69 Å². The van der Waals surface area contributed by atoms with Crippen LogP contribution in [-0.2, 0) is 4.79 Å². The van der Waals surface area contributed by atoms with Gasteiger partial charge in [0.25, 0.3) is 5.91 Å². The molecule has 1 heterocycles. The van der Waals surface area contributed by atoms with E-state index in [2.05, 4.69) is 0 Å². The number of likely N-dealkylation sites (N-methyl/N-ethyl adjacent to an activating group) is 1. The summed E-state index contributed by atoms with van der Waals surface area (Å²) in [5.74, 6) is 0.876. The fourth-order valence-electron chi connectivity index (χ4n) is 2.50. The number of carbonyl (C=O) groups excluding carboxylic acids is 2. The second kappa shape index (κ2) is 6.58. The number of hydrogen-bond acceptors (Lipinski definition) is 5. The van der Waals surface area contributed by atoms with Crippen molar-refractivity contribution in [2.75, 3.05) is 38.7 Å².